The van der Waals surface area contributed by atoms with Gasteiger partial charge in [-0.05, 0) is 32.9 Å². The fourth-order valence-corrected chi connectivity index (χ4v) is 3.08. The molecule has 120 valence electrons. The molecule has 6 heteroatoms. The summed E-state index contributed by atoms with van der Waals surface area (Å²) >= 11 is 1.62. The molecule has 1 heterocycles. The molecule has 0 saturated carbocycles. The highest BCUT2D eigenvalue weighted by Crippen LogP contribution is 2.23. The van der Waals surface area contributed by atoms with Gasteiger partial charge in [0.15, 0.2) is 0 Å². The average Bonchev–Trinajstić information content (AvgIpc) is 2.83. The lowest BCUT2D eigenvalue weighted by atomic mass is 10.1. The average molecular weight is 322 g/mol. The van der Waals surface area contributed by atoms with Crippen LogP contribution >= 0.6 is 11.3 Å². The first-order valence-corrected chi connectivity index (χ1v) is 8.11. The van der Waals surface area contributed by atoms with Crippen molar-refractivity contribution in [3.8, 4) is 0 Å². The summed E-state index contributed by atoms with van der Waals surface area (Å²) in [4.78, 5) is 16.2. The zero-order valence-corrected chi connectivity index (χ0v) is 13.9. The molecule has 1 unspecified atom stereocenters. The van der Waals surface area contributed by atoms with Crippen LogP contribution in [0.25, 0.3) is 10.2 Å². The Bertz CT molecular complexity index is 601. The van der Waals surface area contributed by atoms with Crippen LogP contribution in [0.5, 0.6) is 0 Å². The summed E-state index contributed by atoms with van der Waals surface area (Å²) in [6.45, 7) is 5.80. The Balaban J connectivity index is 1.90. The third kappa shape index (κ3) is 4.96. The second-order valence-corrected chi connectivity index (χ2v) is 7.33. The number of carbonyl (C=O) groups excluding carboxylic acids is 1. The number of aromatic nitrogens is 1. The Hall–Kier alpha value is -1.66. The smallest absolute Gasteiger partial charge is 0.407 e. The number of aliphatic hydroxyl groups is 1. The van der Waals surface area contributed by atoms with E-state index in [4.69, 9.17) is 4.74 Å². The van der Waals surface area contributed by atoms with Gasteiger partial charge < -0.3 is 15.2 Å². The Kier molecular flexibility index (Phi) is 5.37. The van der Waals surface area contributed by atoms with Crippen LogP contribution in [0.15, 0.2) is 24.3 Å². The van der Waals surface area contributed by atoms with Crippen molar-refractivity contribution in [3.63, 3.8) is 0 Å². The van der Waals surface area contributed by atoms with Gasteiger partial charge in [-0.1, -0.05) is 12.1 Å². The lowest BCUT2D eigenvalue weighted by Crippen LogP contribution is -2.36. The molecule has 2 N–H and O–H groups in total. The van der Waals surface area contributed by atoms with Crippen molar-refractivity contribution in [1.82, 2.24) is 10.3 Å². The first kappa shape index (κ1) is 16.7. The fourth-order valence-electron chi connectivity index (χ4n) is 2.00. The Morgan fingerprint density at radius 3 is 2.77 bits per heavy atom. The largest absolute Gasteiger partial charge is 0.444 e. The number of nitrogens with one attached hydrogen (secondary N) is 1. The van der Waals surface area contributed by atoms with E-state index in [9.17, 15) is 9.90 Å². The number of ether oxygens (including phenoxy) is 1. The van der Waals surface area contributed by atoms with Crippen LogP contribution in [-0.2, 0) is 11.2 Å². The number of carbonyl (C=O) groups is 1. The summed E-state index contributed by atoms with van der Waals surface area (Å²) in [5.74, 6) is -0.0759. The Morgan fingerprint density at radius 2 is 2.14 bits per heavy atom. The molecule has 0 saturated heterocycles. The fraction of sp³-hybridized carbons (Fsp3) is 0.500. The van der Waals surface area contributed by atoms with Gasteiger partial charge in [0.2, 0.25) is 0 Å². The number of amides is 1. The summed E-state index contributed by atoms with van der Waals surface area (Å²) in [6, 6.07) is 7.95. The van der Waals surface area contributed by atoms with E-state index in [1.807, 2.05) is 45.0 Å². The summed E-state index contributed by atoms with van der Waals surface area (Å²) in [5, 5.41) is 13.2. The molecular weight excluding hydrogens is 300 g/mol. The van der Waals surface area contributed by atoms with Crippen LogP contribution in [0, 0.1) is 5.92 Å². The quantitative estimate of drug-likeness (QED) is 0.888. The molecule has 1 aromatic heterocycles. The molecule has 0 aliphatic carbocycles. The number of hydrogen-bond acceptors (Lipinski definition) is 5. The van der Waals surface area contributed by atoms with Crippen molar-refractivity contribution in [2.24, 2.45) is 5.92 Å². The number of benzene rings is 1. The molecule has 22 heavy (non-hydrogen) atoms. The van der Waals surface area contributed by atoms with Crippen LogP contribution in [0.2, 0.25) is 0 Å². The Labute approximate surface area is 134 Å². The highest BCUT2D eigenvalue weighted by atomic mass is 32.1. The summed E-state index contributed by atoms with van der Waals surface area (Å²) in [5.41, 5.74) is 0.450. The number of alkyl carbamates (subject to hydrolysis) is 1. The highest BCUT2D eigenvalue weighted by molar-refractivity contribution is 7.18. The first-order valence-electron chi connectivity index (χ1n) is 7.29. The van der Waals surface area contributed by atoms with Gasteiger partial charge in [-0.15, -0.1) is 11.3 Å². The van der Waals surface area contributed by atoms with E-state index >= 15 is 0 Å². The maximum Gasteiger partial charge on any atom is 0.407 e. The van der Waals surface area contributed by atoms with E-state index in [1.54, 1.807) is 11.3 Å². The second kappa shape index (κ2) is 7.07. The molecule has 1 aromatic carbocycles. The van der Waals surface area contributed by atoms with Gasteiger partial charge in [0.25, 0.3) is 0 Å². The van der Waals surface area contributed by atoms with Gasteiger partial charge in [-0.2, -0.15) is 0 Å². The summed E-state index contributed by atoms with van der Waals surface area (Å²) in [6.07, 6.45) is 0.168. The molecule has 2 rings (SSSR count). The molecule has 5 nitrogen and oxygen atoms in total. The molecule has 0 fully saturated rings. The van der Waals surface area contributed by atoms with Crippen LogP contribution in [0.3, 0.4) is 0 Å². The predicted molar refractivity (Wildman–Crippen MR) is 88.1 cm³/mol. The van der Waals surface area contributed by atoms with Gasteiger partial charge in [-0.3, -0.25) is 0 Å². The minimum absolute atomic E-state index is 0.00821. The van der Waals surface area contributed by atoms with E-state index < -0.39 is 11.7 Å². The second-order valence-electron chi connectivity index (χ2n) is 6.21. The molecular formula is C16H22N2O3S. The highest BCUT2D eigenvalue weighted by Gasteiger charge is 2.18. The van der Waals surface area contributed by atoms with Crippen LogP contribution in [-0.4, -0.2) is 34.9 Å². The zero-order valence-electron chi connectivity index (χ0n) is 13.1. The predicted octanol–water partition coefficient (Wildman–Crippen LogP) is 2.97. The van der Waals surface area contributed by atoms with E-state index in [0.717, 1.165) is 15.2 Å². The minimum atomic E-state index is -0.522. The van der Waals surface area contributed by atoms with Crippen molar-refractivity contribution in [3.05, 3.63) is 29.3 Å². The van der Waals surface area contributed by atoms with Crippen LogP contribution in [0.1, 0.15) is 25.8 Å². The van der Waals surface area contributed by atoms with Crippen molar-refractivity contribution in [2.45, 2.75) is 32.8 Å². The molecule has 0 radical (unpaired) electrons. The van der Waals surface area contributed by atoms with E-state index in [1.165, 1.54) is 0 Å². The standard InChI is InChI=1S/C16H22N2O3S/c1-16(2,3)21-15(20)17-9-11(10-19)8-14-18-12-6-4-5-7-13(12)22-14/h4-7,11,19H,8-10H2,1-3H3,(H,17,20). The number of para-hydroxylation sites is 1. The maximum absolute atomic E-state index is 11.6. The van der Waals surface area contributed by atoms with E-state index in [2.05, 4.69) is 10.3 Å². The topological polar surface area (TPSA) is 71.5 Å². The van der Waals surface area contributed by atoms with Gasteiger partial charge in [0, 0.05) is 25.5 Å². The van der Waals surface area contributed by atoms with Crippen LogP contribution in [0.4, 0.5) is 4.79 Å². The zero-order chi connectivity index (χ0) is 16.2. The molecule has 0 aliphatic rings. The summed E-state index contributed by atoms with van der Waals surface area (Å²) < 4.78 is 6.32. The van der Waals surface area contributed by atoms with Gasteiger partial charge in [0.1, 0.15) is 5.60 Å². The van der Waals surface area contributed by atoms with Gasteiger partial charge >= 0.3 is 6.09 Å². The molecule has 0 spiro atoms. The van der Waals surface area contributed by atoms with Crippen LogP contribution < -0.4 is 5.32 Å². The number of fused-ring (bicyclic) bond motifs is 1. The third-order valence-electron chi connectivity index (χ3n) is 2.99. The van der Waals surface area contributed by atoms with Crippen molar-refractivity contribution < 1.29 is 14.6 Å². The lowest BCUT2D eigenvalue weighted by Gasteiger charge is -2.21. The maximum atomic E-state index is 11.6. The van der Waals surface area contributed by atoms with Gasteiger partial charge in [-0.25, -0.2) is 9.78 Å². The number of nitrogens with zero attached hydrogens (tertiary/aromatic N) is 1. The minimum Gasteiger partial charge on any atom is -0.444 e. The SMILES string of the molecule is CC(C)(C)OC(=O)NCC(CO)Cc1nc2ccccc2s1. The summed E-state index contributed by atoms with van der Waals surface area (Å²) in [7, 11) is 0. The van der Waals surface area contributed by atoms with E-state index in [-0.39, 0.29) is 12.5 Å². The van der Waals surface area contributed by atoms with Gasteiger partial charge in [0.05, 0.1) is 15.2 Å². The molecule has 0 aliphatic heterocycles. The number of hydrogen-bond donors (Lipinski definition) is 2. The Morgan fingerprint density at radius 1 is 1.41 bits per heavy atom. The van der Waals surface area contributed by atoms with Crippen molar-refractivity contribution in [1.29, 1.82) is 0 Å². The number of thiazole rings is 1. The first-order chi connectivity index (χ1) is 10.4. The molecule has 0 bridgehead atoms. The molecule has 1 amide bonds. The van der Waals surface area contributed by atoms with E-state index in [0.29, 0.717) is 13.0 Å². The monoisotopic (exact) mass is 322 g/mol. The molecule has 2 aromatic rings. The van der Waals surface area contributed by atoms with Crippen molar-refractivity contribution >= 4 is 27.6 Å². The normalized spacial score (nSPS) is 13.1. The van der Waals surface area contributed by atoms with Crippen molar-refractivity contribution in [2.75, 3.05) is 13.2 Å². The number of aliphatic hydroxyl groups excluding tert-OH is 1. The number of rotatable bonds is 5. The lowest BCUT2D eigenvalue weighted by molar-refractivity contribution is 0.0512. The molecule has 1 atom stereocenters. The third-order valence-corrected chi connectivity index (χ3v) is 4.05.